The number of esters is 1. The number of methoxy groups -OCH3 is 1. The lowest BCUT2D eigenvalue weighted by atomic mass is 10.4. The zero-order valence-corrected chi connectivity index (χ0v) is 6.44. The molecule has 0 radical (unpaired) electrons. The Labute approximate surface area is 66.7 Å². The van der Waals surface area contributed by atoms with Crippen LogP contribution in [-0.2, 0) is 14.3 Å². The maximum absolute atomic E-state index is 10.4. The highest BCUT2D eigenvalue weighted by molar-refractivity contribution is 6.66. The molecule has 0 aliphatic rings. The van der Waals surface area contributed by atoms with Crippen LogP contribution in [0.4, 0.5) is 0 Å². The molecule has 0 saturated carbocycles. The molecule has 0 aromatic heterocycles. The van der Waals surface area contributed by atoms with Gasteiger partial charge >= 0.3 is 16.3 Å². The Balaban J connectivity index is 4.40. The number of rotatable bonds is 2. The van der Waals surface area contributed by atoms with Crippen LogP contribution in [0.2, 0.25) is 0 Å². The predicted octanol–water partition coefficient (Wildman–Crippen LogP) is 0.418. The lowest BCUT2D eigenvalue weighted by Crippen LogP contribution is -2.36. The van der Waals surface area contributed by atoms with Gasteiger partial charge in [0.15, 0.2) is 0 Å². The predicted molar refractivity (Wildman–Crippen MR) is 34.1 cm³/mol. The zero-order valence-electron chi connectivity index (χ0n) is 4.93. The molecule has 0 fully saturated rings. The highest BCUT2D eigenvalue weighted by atomic mass is 35.5. The monoisotopic (exact) mass is 186 g/mol. The average Bonchev–Trinajstić information content (AvgIpc) is 1.86. The summed E-state index contributed by atoms with van der Waals surface area (Å²) in [4.78, 5) is 20.5. The average molecular weight is 187 g/mol. The summed E-state index contributed by atoms with van der Waals surface area (Å²) in [6.45, 7) is 0. The summed E-state index contributed by atoms with van der Waals surface area (Å²) in [5.41, 5.74) is 0. The van der Waals surface area contributed by atoms with Crippen molar-refractivity contribution in [3.05, 3.63) is 0 Å². The second-order valence-electron chi connectivity index (χ2n) is 1.37. The third-order valence-corrected chi connectivity index (χ3v) is 1.34. The molecule has 1 N–H and O–H groups in total. The quantitative estimate of drug-likeness (QED) is 0.386. The fourth-order valence-electron chi connectivity index (χ4n) is 0.215. The lowest BCUT2D eigenvalue weighted by Gasteiger charge is -2.09. The Morgan fingerprint density at radius 1 is 1.50 bits per heavy atom. The minimum absolute atomic E-state index is 0.991. The molecule has 0 aliphatic heterocycles. The van der Waals surface area contributed by atoms with Gasteiger partial charge in [-0.1, -0.05) is 23.2 Å². The van der Waals surface area contributed by atoms with Crippen molar-refractivity contribution in [1.82, 2.24) is 0 Å². The summed E-state index contributed by atoms with van der Waals surface area (Å²) in [6.07, 6.45) is 0. The van der Waals surface area contributed by atoms with E-state index in [2.05, 4.69) is 4.74 Å². The Bertz CT molecular complexity index is 165. The van der Waals surface area contributed by atoms with Crippen molar-refractivity contribution in [2.45, 2.75) is 4.33 Å². The van der Waals surface area contributed by atoms with Gasteiger partial charge in [-0.2, -0.15) is 0 Å². The first-order valence-electron chi connectivity index (χ1n) is 2.12. The number of carbonyl (C=O) groups is 2. The molecule has 0 aromatic rings. The maximum Gasteiger partial charge on any atom is 0.354 e. The van der Waals surface area contributed by atoms with Gasteiger partial charge in [-0.25, -0.2) is 9.59 Å². The molecule has 0 bridgehead atoms. The van der Waals surface area contributed by atoms with E-state index in [4.69, 9.17) is 28.3 Å². The fourth-order valence-corrected chi connectivity index (χ4v) is 0.370. The largest absolute Gasteiger partial charge is 0.479 e. The van der Waals surface area contributed by atoms with E-state index in [9.17, 15) is 9.59 Å². The minimum Gasteiger partial charge on any atom is -0.479 e. The highest BCUT2D eigenvalue weighted by Crippen LogP contribution is 2.22. The molecule has 0 amide bonds. The third-order valence-electron chi connectivity index (χ3n) is 0.710. The Hall–Kier alpha value is -0.480. The number of hydrogen-bond acceptors (Lipinski definition) is 3. The van der Waals surface area contributed by atoms with Crippen molar-refractivity contribution in [2.75, 3.05) is 7.11 Å². The van der Waals surface area contributed by atoms with Crippen LogP contribution in [0.5, 0.6) is 0 Å². The molecule has 0 atom stereocenters. The first kappa shape index (κ1) is 9.52. The van der Waals surface area contributed by atoms with Gasteiger partial charge in [0.25, 0.3) is 0 Å². The number of hydrogen-bond donors (Lipinski definition) is 1. The van der Waals surface area contributed by atoms with Gasteiger partial charge in [-0.15, -0.1) is 0 Å². The van der Waals surface area contributed by atoms with Gasteiger partial charge in [0.1, 0.15) is 0 Å². The number of ether oxygens (including phenoxy) is 1. The zero-order chi connectivity index (χ0) is 8.36. The third kappa shape index (κ3) is 1.75. The van der Waals surface area contributed by atoms with Crippen molar-refractivity contribution < 1.29 is 19.4 Å². The van der Waals surface area contributed by atoms with Gasteiger partial charge < -0.3 is 9.84 Å². The van der Waals surface area contributed by atoms with Crippen LogP contribution < -0.4 is 0 Å². The second-order valence-corrected chi connectivity index (χ2v) is 2.70. The van der Waals surface area contributed by atoms with E-state index in [1.165, 1.54) is 0 Å². The molecule has 0 aliphatic carbocycles. The summed E-state index contributed by atoms with van der Waals surface area (Å²) in [5, 5.41) is 8.18. The molecule has 58 valence electrons. The van der Waals surface area contributed by atoms with Gasteiger partial charge in [-0.3, -0.25) is 0 Å². The van der Waals surface area contributed by atoms with Crippen LogP contribution in [0.15, 0.2) is 0 Å². The summed E-state index contributed by atoms with van der Waals surface area (Å²) in [6, 6.07) is 0. The molecule has 10 heavy (non-hydrogen) atoms. The summed E-state index contributed by atoms with van der Waals surface area (Å²) < 4.78 is 1.50. The number of halogens is 2. The van der Waals surface area contributed by atoms with Crippen molar-refractivity contribution >= 4 is 35.1 Å². The topological polar surface area (TPSA) is 63.6 Å². The Kier molecular flexibility index (Phi) is 2.93. The maximum atomic E-state index is 10.4. The van der Waals surface area contributed by atoms with E-state index in [1.807, 2.05) is 0 Å². The first-order valence-corrected chi connectivity index (χ1v) is 2.88. The van der Waals surface area contributed by atoms with Gasteiger partial charge in [-0.05, 0) is 0 Å². The van der Waals surface area contributed by atoms with E-state index in [0.29, 0.717) is 0 Å². The molecule has 0 spiro atoms. The van der Waals surface area contributed by atoms with E-state index in [-0.39, 0.29) is 0 Å². The second kappa shape index (κ2) is 3.07. The number of aliphatic carboxylic acids is 1. The van der Waals surface area contributed by atoms with Crippen LogP contribution in [0, 0.1) is 0 Å². The fraction of sp³-hybridized carbons (Fsp3) is 0.500. The van der Waals surface area contributed by atoms with E-state index < -0.39 is 16.3 Å². The number of carboxylic acid groups (broad SMARTS) is 1. The van der Waals surface area contributed by atoms with E-state index in [1.54, 1.807) is 0 Å². The minimum atomic E-state index is -2.49. The standard InChI is InChI=1S/C4H4Cl2O4/c1-10-3(9)4(5,6)2(7)8/h1H3,(H,7,8). The molecule has 0 rings (SSSR count). The first-order chi connectivity index (χ1) is 4.42. The van der Waals surface area contributed by atoms with Crippen molar-refractivity contribution in [1.29, 1.82) is 0 Å². The summed E-state index contributed by atoms with van der Waals surface area (Å²) in [7, 11) is 0.991. The Morgan fingerprint density at radius 3 is 2.00 bits per heavy atom. The van der Waals surface area contributed by atoms with Gasteiger partial charge in [0.2, 0.25) is 0 Å². The van der Waals surface area contributed by atoms with Gasteiger partial charge in [0, 0.05) is 0 Å². The lowest BCUT2D eigenvalue weighted by molar-refractivity contribution is -0.150. The molecule has 6 heteroatoms. The molecule has 0 saturated heterocycles. The number of alkyl halides is 2. The molecule has 0 unspecified atom stereocenters. The van der Waals surface area contributed by atoms with E-state index >= 15 is 0 Å². The summed E-state index contributed by atoms with van der Waals surface area (Å²) in [5.74, 6) is -2.86. The van der Waals surface area contributed by atoms with Crippen molar-refractivity contribution in [3.63, 3.8) is 0 Å². The summed E-state index contributed by atoms with van der Waals surface area (Å²) >= 11 is 10.0. The van der Waals surface area contributed by atoms with Crippen LogP contribution in [-0.4, -0.2) is 28.5 Å². The smallest absolute Gasteiger partial charge is 0.354 e. The van der Waals surface area contributed by atoms with Crippen LogP contribution in [0.3, 0.4) is 0 Å². The van der Waals surface area contributed by atoms with E-state index in [0.717, 1.165) is 7.11 Å². The van der Waals surface area contributed by atoms with Gasteiger partial charge in [0.05, 0.1) is 7.11 Å². The van der Waals surface area contributed by atoms with Crippen molar-refractivity contribution in [2.24, 2.45) is 0 Å². The number of carbonyl (C=O) groups excluding carboxylic acids is 1. The number of carboxylic acids is 1. The SMILES string of the molecule is COC(=O)C(Cl)(Cl)C(=O)O. The highest BCUT2D eigenvalue weighted by Gasteiger charge is 2.43. The molecule has 4 nitrogen and oxygen atoms in total. The van der Waals surface area contributed by atoms with Crippen LogP contribution >= 0.6 is 23.2 Å². The van der Waals surface area contributed by atoms with Crippen LogP contribution in [0.1, 0.15) is 0 Å². The Morgan fingerprint density at radius 2 is 1.90 bits per heavy atom. The molecular formula is C4H4Cl2O4. The normalized spacial score (nSPS) is 10.7. The molecular weight excluding hydrogens is 183 g/mol. The van der Waals surface area contributed by atoms with Crippen molar-refractivity contribution in [3.8, 4) is 0 Å². The van der Waals surface area contributed by atoms with Crippen LogP contribution in [0.25, 0.3) is 0 Å². The molecule has 0 heterocycles. The molecule has 0 aromatic carbocycles.